The second kappa shape index (κ2) is 10.2. The Morgan fingerprint density at radius 3 is 2.20 bits per heavy atom. The lowest BCUT2D eigenvalue weighted by Gasteiger charge is -2.33. The van der Waals surface area contributed by atoms with Gasteiger partial charge in [0.1, 0.15) is 0 Å². The molecule has 2 N–H and O–H groups in total. The molecule has 3 heteroatoms. The summed E-state index contributed by atoms with van der Waals surface area (Å²) in [6.45, 7) is 6.16. The molecule has 1 heterocycles. The highest BCUT2D eigenvalue weighted by Crippen LogP contribution is 2.20. The van der Waals surface area contributed by atoms with Gasteiger partial charge in [0, 0.05) is 25.6 Å². The highest BCUT2D eigenvalue weighted by Gasteiger charge is 2.24. The Bertz CT molecular complexity index is 258. The van der Waals surface area contributed by atoms with Gasteiger partial charge in [0.25, 0.3) is 0 Å². The minimum Gasteiger partial charge on any atom is -0.343 e. The number of hydrogen-bond acceptors (Lipinski definition) is 2. The van der Waals surface area contributed by atoms with Crippen LogP contribution >= 0.6 is 0 Å². The summed E-state index contributed by atoms with van der Waals surface area (Å²) in [6.07, 6.45) is 11.8. The largest absolute Gasteiger partial charge is 0.343 e. The highest BCUT2D eigenvalue weighted by molar-refractivity contribution is 5.76. The Labute approximate surface area is 125 Å². The molecule has 1 unspecified atom stereocenters. The van der Waals surface area contributed by atoms with Crippen LogP contribution in [0.3, 0.4) is 0 Å². The zero-order valence-corrected chi connectivity index (χ0v) is 13.6. The normalized spacial score (nSPS) is 18.2. The topological polar surface area (TPSA) is 46.3 Å². The maximum atomic E-state index is 12.1. The molecular formula is C17H34N2O. The average Bonchev–Trinajstić information content (AvgIpc) is 2.46. The van der Waals surface area contributed by atoms with Crippen LogP contribution in [0.1, 0.15) is 78.1 Å². The van der Waals surface area contributed by atoms with Gasteiger partial charge in [0.2, 0.25) is 5.91 Å². The second-order valence-corrected chi connectivity index (χ2v) is 6.45. The number of amides is 1. The number of rotatable bonds is 9. The van der Waals surface area contributed by atoms with Gasteiger partial charge in [-0.05, 0) is 32.1 Å². The molecule has 20 heavy (non-hydrogen) atoms. The maximum absolute atomic E-state index is 12.1. The fourth-order valence-corrected chi connectivity index (χ4v) is 3.07. The summed E-state index contributed by atoms with van der Waals surface area (Å²) in [4.78, 5) is 14.2. The molecule has 0 aromatic heterocycles. The second-order valence-electron chi connectivity index (χ2n) is 6.45. The maximum Gasteiger partial charge on any atom is 0.222 e. The molecule has 0 aromatic rings. The standard InChI is InChI=1S/C17H34N2O/c1-3-4-5-6-7-8-9-10-17(20)19-13-11-16(12-14-19)15(2)18/h15-16H,3-14,18H2,1-2H3. The monoisotopic (exact) mass is 282 g/mol. The predicted octanol–water partition coefficient (Wildman–Crippen LogP) is 3.71. The minimum absolute atomic E-state index is 0.273. The van der Waals surface area contributed by atoms with E-state index in [9.17, 15) is 4.79 Å². The van der Waals surface area contributed by atoms with Crippen LogP contribution in [-0.4, -0.2) is 29.9 Å². The van der Waals surface area contributed by atoms with Crippen molar-refractivity contribution >= 4 is 5.91 Å². The van der Waals surface area contributed by atoms with E-state index in [0.717, 1.165) is 38.8 Å². The van der Waals surface area contributed by atoms with E-state index in [1.165, 1.54) is 38.5 Å². The van der Waals surface area contributed by atoms with E-state index in [4.69, 9.17) is 5.73 Å². The molecule has 1 aliphatic heterocycles. The first-order valence-corrected chi connectivity index (χ1v) is 8.68. The number of carbonyl (C=O) groups excluding carboxylic acids is 1. The van der Waals surface area contributed by atoms with Gasteiger partial charge in [-0.1, -0.05) is 45.4 Å². The molecule has 118 valence electrons. The van der Waals surface area contributed by atoms with Crippen LogP contribution < -0.4 is 5.73 Å². The summed E-state index contributed by atoms with van der Waals surface area (Å²) in [5.41, 5.74) is 5.93. The fourth-order valence-electron chi connectivity index (χ4n) is 3.07. The van der Waals surface area contributed by atoms with Crippen molar-refractivity contribution in [1.29, 1.82) is 0 Å². The Hall–Kier alpha value is -0.570. The van der Waals surface area contributed by atoms with Gasteiger partial charge >= 0.3 is 0 Å². The molecular weight excluding hydrogens is 248 g/mol. The molecule has 0 bridgehead atoms. The lowest BCUT2D eigenvalue weighted by atomic mass is 9.91. The van der Waals surface area contributed by atoms with Gasteiger partial charge in [-0.2, -0.15) is 0 Å². The van der Waals surface area contributed by atoms with Crippen molar-refractivity contribution < 1.29 is 4.79 Å². The first-order valence-electron chi connectivity index (χ1n) is 8.68. The molecule has 0 aliphatic carbocycles. The molecule has 0 radical (unpaired) electrons. The third kappa shape index (κ3) is 6.74. The molecule has 1 fully saturated rings. The van der Waals surface area contributed by atoms with Crippen molar-refractivity contribution in [3.63, 3.8) is 0 Å². The number of piperidine rings is 1. The Kier molecular flexibility index (Phi) is 8.92. The van der Waals surface area contributed by atoms with Crippen LogP contribution in [0.2, 0.25) is 0 Å². The first-order chi connectivity index (χ1) is 9.65. The molecule has 0 saturated carbocycles. The molecule has 1 aliphatic rings. The van der Waals surface area contributed by atoms with Gasteiger partial charge in [-0.3, -0.25) is 4.79 Å². The zero-order valence-electron chi connectivity index (χ0n) is 13.6. The van der Waals surface area contributed by atoms with Crippen LogP contribution in [0.15, 0.2) is 0 Å². The summed E-state index contributed by atoms with van der Waals surface area (Å²) < 4.78 is 0. The number of hydrogen-bond donors (Lipinski definition) is 1. The molecule has 1 amide bonds. The first kappa shape index (κ1) is 17.5. The summed E-state index contributed by atoms with van der Waals surface area (Å²) in [6, 6.07) is 0.273. The van der Waals surface area contributed by atoms with Gasteiger partial charge in [0.15, 0.2) is 0 Å². The number of nitrogens with zero attached hydrogens (tertiary/aromatic N) is 1. The summed E-state index contributed by atoms with van der Waals surface area (Å²) in [5.74, 6) is 0.972. The van der Waals surface area contributed by atoms with Gasteiger partial charge in [-0.25, -0.2) is 0 Å². The number of nitrogens with two attached hydrogens (primary N) is 1. The van der Waals surface area contributed by atoms with Crippen molar-refractivity contribution in [2.75, 3.05) is 13.1 Å². The van der Waals surface area contributed by atoms with Crippen LogP contribution in [0.25, 0.3) is 0 Å². The van der Waals surface area contributed by atoms with E-state index in [0.29, 0.717) is 11.8 Å². The van der Waals surface area contributed by atoms with Crippen molar-refractivity contribution in [2.45, 2.75) is 84.1 Å². The Balaban J connectivity index is 2.03. The van der Waals surface area contributed by atoms with Crippen molar-refractivity contribution in [3.8, 4) is 0 Å². The lowest BCUT2D eigenvalue weighted by molar-refractivity contribution is -0.132. The molecule has 1 saturated heterocycles. The summed E-state index contributed by atoms with van der Waals surface area (Å²) in [7, 11) is 0. The van der Waals surface area contributed by atoms with Crippen LogP contribution in [0.5, 0.6) is 0 Å². The Morgan fingerprint density at radius 1 is 1.10 bits per heavy atom. The minimum atomic E-state index is 0.273. The Morgan fingerprint density at radius 2 is 1.65 bits per heavy atom. The van der Waals surface area contributed by atoms with Gasteiger partial charge < -0.3 is 10.6 Å². The van der Waals surface area contributed by atoms with E-state index in [1.807, 2.05) is 0 Å². The quantitative estimate of drug-likeness (QED) is 0.655. The van der Waals surface area contributed by atoms with E-state index in [-0.39, 0.29) is 6.04 Å². The van der Waals surface area contributed by atoms with Gasteiger partial charge in [0.05, 0.1) is 0 Å². The average molecular weight is 282 g/mol. The van der Waals surface area contributed by atoms with Crippen LogP contribution in [0, 0.1) is 5.92 Å². The molecule has 1 rings (SSSR count). The van der Waals surface area contributed by atoms with E-state index in [1.54, 1.807) is 0 Å². The summed E-state index contributed by atoms with van der Waals surface area (Å²) >= 11 is 0. The van der Waals surface area contributed by atoms with E-state index >= 15 is 0 Å². The molecule has 0 aromatic carbocycles. The third-order valence-electron chi connectivity index (χ3n) is 4.63. The highest BCUT2D eigenvalue weighted by atomic mass is 16.2. The van der Waals surface area contributed by atoms with Crippen LogP contribution in [-0.2, 0) is 4.79 Å². The number of likely N-dealkylation sites (tertiary alicyclic amines) is 1. The lowest BCUT2D eigenvalue weighted by Crippen LogP contribution is -2.42. The fraction of sp³-hybridized carbons (Fsp3) is 0.941. The third-order valence-corrected chi connectivity index (χ3v) is 4.63. The van der Waals surface area contributed by atoms with Crippen molar-refractivity contribution in [1.82, 2.24) is 4.90 Å². The molecule has 0 spiro atoms. The molecule has 1 atom stereocenters. The van der Waals surface area contributed by atoms with E-state index in [2.05, 4.69) is 18.7 Å². The smallest absolute Gasteiger partial charge is 0.222 e. The zero-order chi connectivity index (χ0) is 14.8. The summed E-state index contributed by atoms with van der Waals surface area (Å²) in [5, 5.41) is 0. The molecule has 3 nitrogen and oxygen atoms in total. The predicted molar refractivity (Wildman–Crippen MR) is 85.6 cm³/mol. The van der Waals surface area contributed by atoms with Crippen molar-refractivity contribution in [3.05, 3.63) is 0 Å². The number of carbonyl (C=O) groups is 1. The van der Waals surface area contributed by atoms with Gasteiger partial charge in [-0.15, -0.1) is 0 Å². The van der Waals surface area contributed by atoms with Crippen molar-refractivity contribution in [2.24, 2.45) is 11.7 Å². The SMILES string of the molecule is CCCCCCCCCC(=O)N1CCC(C(C)N)CC1. The number of unbranched alkanes of at least 4 members (excludes halogenated alkanes) is 6. The van der Waals surface area contributed by atoms with Crippen LogP contribution in [0.4, 0.5) is 0 Å². The van der Waals surface area contributed by atoms with E-state index < -0.39 is 0 Å².